The van der Waals surface area contributed by atoms with Gasteiger partial charge in [0.25, 0.3) is 0 Å². The molecule has 1 aliphatic rings. The molecule has 0 aliphatic heterocycles. The highest BCUT2D eigenvalue weighted by atomic mass is 16.2. The summed E-state index contributed by atoms with van der Waals surface area (Å²) in [6, 6.07) is 0.143. The van der Waals surface area contributed by atoms with Gasteiger partial charge in [-0.05, 0) is 19.8 Å². The van der Waals surface area contributed by atoms with Crippen molar-refractivity contribution >= 4 is 11.8 Å². The molecule has 2 amide bonds. The van der Waals surface area contributed by atoms with Crippen molar-refractivity contribution in [2.45, 2.75) is 51.7 Å². The van der Waals surface area contributed by atoms with Gasteiger partial charge in [-0.3, -0.25) is 9.59 Å². The van der Waals surface area contributed by atoms with E-state index >= 15 is 0 Å². The third kappa shape index (κ3) is 5.11. The highest BCUT2D eigenvalue weighted by Gasteiger charge is 2.26. The lowest BCUT2D eigenvalue weighted by molar-refractivity contribution is -0.128. The molecule has 1 aliphatic carbocycles. The number of carbonyl (C=O) groups is 2. The van der Waals surface area contributed by atoms with Gasteiger partial charge in [-0.1, -0.05) is 13.8 Å². The lowest BCUT2D eigenvalue weighted by Crippen LogP contribution is -2.48. The molecule has 1 atom stereocenters. The molecule has 0 saturated heterocycles. The Morgan fingerprint density at radius 2 is 1.88 bits per heavy atom. The Morgan fingerprint density at radius 3 is 2.38 bits per heavy atom. The minimum Gasteiger partial charge on any atom is -0.352 e. The highest BCUT2D eigenvalue weighted by molar-refractivity contribution is 5.88. The van der Waals surface area contributed by atoms with Crippen LogP contribution in [0.25, 0.3) is 0 Å². The van der Waals surface area contributed by atoms with Gasteiger partial charge in [0.2, 0.25) is 11.8 Å². The van der Waals surface area contributed by atoms with Crippen molar-refractivity contribution in [3.8, 4) is 0 Å². The van der Waals surface area contributed by atoms with Crippen molar-refractivity contribution in [2.75, 3.05) is 6.54 Å². The summed E-state index contributed by atoms with van der Waals surface area (Å²) in [4.78, 5) is 22.9. The van der Waals surface area contributed by atoms with Crippen LogP contribution in [0, 0.1) is 0 Å². The van der Waals surface area contributed by atoms with E-state index in [1.165, 1.54) is 0 Å². The third-order valence-electron chi connectivity index (χ3n) is 2.37. The second-order valence-electron chi connectivity index (χ2n) is 4.61. The normalized spacial score (nSPS) is 17.0. The van der Waals surface area contributed by atoms with Crippen LogP contribution in [-0.2, 0) is 9.59 Å². The molecular formula is C11H21N3O2. The fraction of sp³-hybridized carbons (Fsp3) is 0.818. The third-order valence-corrected chi connectivity index (χ3v) is 2.37. The second-order valence-corrected chi connectivity index (χ2v) is 4.61. The molecule has 0 aromatic carbocycles. The van der Waals surface area contributed by atoms with Gasteiger partial charge in [0.15, 0.2) is 0 Å². The molecule has 16 heavy (non-hydrogen) atoms. The Morgan fingerprint density at radius 1 is 1.25 bits per heavy atom. The smallest absolute Gasteiger partial charge is 0.242 e. The molecule has 0 bridgehead atoms. The number of amides is 2. The van der Waals surface area contributed by atoms with Crippen LogP contribution in [0.1, 0.15) is 33.6 Å². The number of rotatable bonds is 6. The molecule has 3 N–H and O–H groups in total. The molecule has 0 radical (unpaired) electrons. The summed E-state index contributed by atoms with van der Waals surface area (Å²) in [6.45, 7) is 5.89. The van der Waals surface area contributed by atoms with Gasteiger partial charge in [-0.2, -0.15) is 0 Å². The average Bonchev–Trinajstić information content (AvgIpc) is 2.98. The summed E-state index contributed by atoms with van der Waals surface area (Å²) in [7, 11) is 0. The second kappa shape index (κ2) is 5.84. The monoisotopic (exact) mass is 227 g/mol. The van der Waals surface area contributed by atoms with Gasteiger partial charge in [0.1, 0.15) is 6.04 Å². The fourth-order valence-electron chi connectivity index (χ4n) is 1.21. The molecule has 1 rings (SSSR count). The number of nitrogens with one attached hydrogen (secondary N) is 3. The van der Waals surface area contributed by atoms with Crippen LogP contribution in [-0.4, -0.2) is 36.5 Å². The summed E-state index contributed by atoms with van der Waals surface area (Å²) >= 11 is 0. The van der Waals surface area contributed by atoms with Gasteiger partial charge < -0.3 is 16.0 Å². The molecule has 0 heterocycles. The Kier molecular flexibility index (Phi) is 4.73. The SMILES string of the molecule is CC(C)NCC(=O)NC(C)C(=O)NC1CC1. The number of hydrogen-bond donors (Lipinski definition) is 3. The average molecular weight is 227 g/mol. The lowest BCUT2D eigenvalue weighted by atomic mass is 10.3. The zero-order chi connectivity index (χ0) is 12.1. The van der Waals surface area contributed by atoms with Gasteiger partial charge in [-0.25, -0.2) is 0 Å². The maximum Gasteiger partial charge on any atom is 0.242 e. The van der Waals surface area contributed by atoms with Crippen molar-refractivity contribution < 1.29 is 9.59 Å². The quantitative estimate of drug-likeness (QED) is 0.587. The molecular weight excluding hydrogens is 206 g/mol. The first kappa shape index (κ1) is 13.0. The van der Waals surface area contributed by atoms with E-state index in [0.29, 0.717) is 6.04 Å². The first-order valence-electron chi connectivity index (χ1n) is 5.82. The van der Waals surface area contributed by atoms with Gasteiger partial charge >= 0.3 is 0 Å². The molecule has 0 spiro atoms. The summed E-state index contributed by atoms with van der Waals surface area (Å²) in [5.41, 5.74) is 0. The fourth-order valence-corrected chi connectivity index (χ4v) is 1.21. The Bertz CT molecular complexity index is 262. The van der Waals surface area contributed by atoms with Crippen LogP contribution in [0.5, 0.6) is 0 Å². The molecule has 1 fully saturated rings. The van der Waals surface area contributed by atoms with Gasteiger partial charge in [-0.15, -0.1) is 0 Å². The molecule has 0 aromatic rings. The van der Waals surface area contributed by atoms with Crippen LogP contribution in [0.2, 0.25) is 0 Å². The largest absolute Gasteiger partial charge is 0.352 e. The predicted octanol–water partition coefficient (Wildman–Crippen LogP) is -0.232. The van der Waals surface area contributed by atoms with E-state index in [9.17, 15) is 9.59 Å². The Hall–Kier alpha value is -1.10. The Labute approximate surface area is 96.4 Å². The van der Waals surface area contributed by atoms with Crippen LogP contribution < -0.4 is 16.0 Å². The summed E-state index contributed by atoms with van der Waals surface area (Å²) in [6.07, 6.45) is 2.11. The van der Waals surface area contributed by atoms with Crippen molar-refractivity contribution in [3.05, 3.63) is 0 Å². The first-order valence-corrected chi connectivity index (χ1v) is 5.82. The van der Waals surface area contributed by atoms with Crippen molar-refractivity contribution in [1.82, 2.24) is 16.0 Å². The number of carbonyl (C=O) groups excluding carboxylic acids is 2. The van der Waals surface area contributed by atoms with Crippen molar-refractivity contribution in [3.63, 3.8) is 0 Å². The molecule has 5 nitrogen and oxygen atoms in total. The summed E-state index contributed by atoms with van der Waals surface area (Å²) in [5.74, 6) is -0.243. The van der Waals surface area contributed by atoms with E-state index in [4.69, 9.17) is 0 Å². The van der Waals surface area contributed by atoms with E-state index in [0.717, 1.165) is 12.8 Å². The summed E-state index contributed by atoms with van der Waals surface area (Å²) in [5, 5.41) is 8.50. The van der Waals surface area contributed by atoms with Gasteiger partial charge in [0, 0.05) is 12.1 Å². The molecule has 5 heteroatoms. The topological polar surface area (TPSA) is 70.2 Å². The minimum atomic E-state index is -0.456. The molecule has 92 valence electrons. The summed E-state index contributed by atoms with van der Waals surface area (Å²) < 4.78 is 0. The van der Waals surface area contributed by atoms with Crippen LogP contribution >= 0.6 is 0 Å². The van der Waals surface area contributed by atoms with E-state index < -0.39 is 6.04 Å². The highest BCUT2D eigenvalue weighted by Crippen LogP contribution is 2.18. The lowest BCUT2D eigenvalue weighted by Gasteiger charge is -2.14. The molecule has 1 unspecified atom stereocenters. The molecule has 0 aromatic heterocycles. The maximum absolute atomic E-state index is 11.5. The van der Waals surface area contributed by atoms with Gasteiger partial charge in [0.05, 0.1) is 6.54 Å². The maximum atomic E-state index is 11.5. The van der Waals surface area contributed by atoms with Crippen LogP contribution in [0.3, 0.4) is 0 Å². The zero-order valence-electron chi connectivity index (χ0n) is 10.2. The van der Waals surface area contributed by atoms with E-state index in [-0.39, 0.29) is 24.4 Å². The van der Waals surface area contributed by atoms with Crippen LogP contribution in [0.15, 0.2) is 0 Å². The molecule has 1 saturated carbocycles. The standard InChI is InChI=1S/C11H21N3O2/c1-7(2)12-6-10(15)13-8(3)11(16)14-9-4-5-9/h7-9,12H,4-6H2,1-3H3,(H,13,15)(H,14,16). The van der Waals surface area contributed by atoms with E-state index in [1.54, 1.807) is 6.92 Å². The number of hydrogen-bond acceptors (Lipinski definition) is 3. The van der Waals surface area contributed by atoms with Crippen LogP contribution in [0.4, 0.5) is 0 Å². The first-order chi connectivity index (χ1) is 7.49. The zero-order valence-corrected chi connectivity index (χ0v) is 10.2. The van der Waals surface area contributed by atoms with Crippen molar-refractivity contribution in [1.29, 1.82) is 0 Å². The minimum absolute atomic E-state index is 0.0969. The van der Waals surface area contributed by atoms with E-state index in [1.807, 2.05) is 13.8 Å². The van der Waals surface area contributed by atoms with Crippen molar-refractivity contribution in [2.24, 2.45) is 0 Å². The Balaban J connectivity index is 2.18. The predicted molar refractivity (Wildman–Crippen MR) is 61.9 cm³/mol. The van der Waals surface area contributed by atoms with E-state index in [2.05, 4.69) is 16.0 Å².